The predicted molar refractivity (Wildman–Crippen MR) is 59.1 cm³/mol. The second kappa shape index (κ2) is 4.14. The second-order valence-electron chi connectivity index (χ2n) is 4.77. The van der Waals surface area contributed by atoms with Crippen molar-refractivity contribution in [2.75, 3.05) is 13.2 Å². The number of aromatic nitrogens is 3. The second-order valence-corrected chi connectivity index (χ2v) is 4.77. The van der Waals surface area contributed by atoms with E-state index >= 15 is 0 Å². The molecule has 1 saturated heterocycles. The average molecular weight is 222 g/mol. The summed E-state index contributed by atoms with van der Waals surface area (Å²) in [6.45, 7) is 2.58. The molecule has 2 aliphatic heterocycles. The lowest BCUT2D eigenvalue weighted by molar-refractivity contribution is 0.0825. The molecule has 0 aromatic carbocycles. The highest BCUT2D eigenvalue weighted by atomic mass is 16.5. The standard InChI is InChI=1S/C11H18N4O/c12-9-1-2-10-13-14-11(15(10)7-9)8-3-5-16-6-4-8/h8-9H,1-7,12H2. The van der Waals surface area contributed by atoms with Gasteiger partial charge < -0.3 is 15.0 Å². The molecule has 0 amide bonds. The third kappa shape index (κ3) is 1.74. The maximum atomic E-state index is 6.01. The minimum atomic E-state index is 0.266. The molecular weight excluding hydrogens is 204 g/mol. The molecule has 0 radical (unpaired) electrons. The third-order valence-corrected chi connectivity index (χ3v) is 3.60. The summed E-state index contributed by atoms with van der Waals surface area (Å²) in [6.07, 6.45) is 4.13. The van der Waals surface area contributed by atoms with Crippen LogP contribution >= 0.6 is 0 Å². The SMILES string of the molecule is NC1CCc2nnc(C3CCOCC3)n2C1. The monoisotopic (exact) mass is 222 g/mol. The van der Waals surface area contributed by atoms with Crippen molar-refractivity contribution in [1.82, 2.24) is 14.8 Å². The van der Waals surface area contributed by atoms with Crippen molar-refractivity contribution in [3.8, 4) is 0 Å². The van der Waals surface area contributed by atoms with E-state index in [2.05, 4.69) is 14.8 Å². The third-order valence-electron chi connectivity index (χ3n) is 3.60. The van der Waals surface area contributed by atoms with Gasteiger partial charge in [0.15, 0.2) is 0 Å². The zero-order chi connectivity index (χ0) is 11.0. The molecule has 1 unspecified atom stereocenters. The number of aryl methyl sites for hydroxylation is 1. The van der Waals surface area contributed by atoms with E-state index < -0.39 is 0 Å². The summed E-state index contributed by atoms with van der Waals surface area (Å²) in [6, 6.07) is 0.266. The zero-order valence-corrected chi connectivity index (χ0v) is 9.43. The lowest BCUT2D eigenvalue weighted by Gasteiger charge is -2.25. The minimum absolute atomic E-state index is 0.266. The van der Waals surface area contributed by atoms with E-state index in [9.17, 15) is 0 Å². The summed E-state index contributed by atoms with van der Waals surface area (Å²) in [5.74, 6) is 2.76. The number of hydrogen-bond donors (Lipinski definition) is 1. The fourth-order valence-corrected chi connectivity index (χ4v) is 2.63. The van der Waals surface area contributed by atoms with Crippen LogP contribution in [-0.2, 0) is 17.7 Å². The van der Waals surface area contributed by atoms with Crippen molar-refractivity contribution in [2.24, 2.45) is 5.73 Å². The molecule has 5 heteroatoms. The highest BCUT2D eigenvalue weighted by Gasteiger charge is 2.26. The first-order valence-electron chi connectivity index (χ1n) is 6.10. The van der Waals surface area contributed by atoms with Gasteiger partial charge in [-0.05, 0) is 19.3 Å². The molecule has 3 heterocycles. The van der Waals surface area contributed by atoms with Gasteiger partial charge >= 0.3 is 0 Å². The van der Waals surface area contributed by atoms with Crippen molar-refractivity contribution in [2.45, 2.75) is 44.2 Å². The summed E-state index contributed by atoms with van der Waals surface area (Å²) in [4.78, 5) is 0. The average Bonchev–Trinajstić information content (AvgIpc) is 2.73. The Kier molecular flexibility index (Phi) is 2.65. The van der Waals surface area contributed by atoms with Gasteiger partial charge in [-0.25, -0.2) is 0 Å². The normalized spacial score (nSPS) is 26.7. The first-order chi connectivity index (χ1) is 7.84. The Morgan fingerprint density at radius 1 is 1.19 bits per heavy atom. The number of ether oxygens (including phenoxy) is 1. The highest BCUT2D eigenvalue weighted by molar-refractivity contribution is 5.06. The number of hydrogen-bond acceptors (Lipinski definition) is 4. The molecule has 1 aromatic rings. The van der Waals surface area contributed by atoms with Gasteiger partial charge in [0.25, 0.3) is 0 Å². The fraction of sp³-hybridized carbons (Fsp3) is 0.818. The van der Waals surface area contributed by atoms with E-state index in [1.165, 1.54) is 0 Å². The number of rotatable bonds is 1. The summed E-state index contributed by atoms with van der Waals surface area (Å²) in [5, 5.41) is 8.64. The van der Waals surface area contributed by atoms with Crippen LogP contribution in [0.1, 0.15) is 36.8 Å². The van der Waals surface area contributed by atoms with Gasteiger partial charge in [0, 0.05) is 38.1 Å². The first-order valence-corrected chi connectivity index (χ1v) is 6.10. The summed E-state index contributed by atoms with van der Waals surface area (Å²) < 4.78 is 7.62. The molecule has 16 heavy (non-hydrogen) atoms. The molecule has 5 nitrogen and oxygen atoms in total. The van der Waals surface area contributed by atoms with Crippen molar-refractivity contribution >= 4 is 0 Å². The lowest BCUT2D eigenvalue weighted by atomic mass is 9.98. The van der Waals surface area contributed by atoms with Crippen LogP contribution in [0.2, 0.25) is 0 Å². The summed E-state index contributed by atoms with van der Waals surface area (Å²) >= 11 is 0. The molecule has 1 fully saturated rings. The fourth-order valence-electron chi connectivity index (χ4n) is 2.63. The number of nitrogens with zero attached hydrogens (tertiary/aromatic N) is 3. The van der Waals surface area contributed by atoms with Gasteiger partial charge in [0.1, 0.15) is 11.6 Å². The largest absolute Gasteiger partial charge is 0.381 e. The van der Waals surface area contributed by atoms with E-state index in [4.69, 9.17) is 10.5 Å². The van der Waals surface area contributed by atoms with Crippen LogP contribution in [0.3, 0.4) is 0 Å². The van der Waals surface area contributed by atoms with Crippen LogP contribution in [0.5, 0.6) is 0 Å². The predicted octanol–water partition coefficient (Wildman–Crippen LogP) is 0.446. The van der Waals surface area contributed by atoms with Crippen LogP contribution < -0.4 is 5.73 Å². The van der Waals surface area contributed by atoms with E-state index in [-0.39, 0.29) is 6.04 Å². The molecule has 2 aliphatic rings. The maximum absolute atomic E-state index is 6.01. The molecule has 1 aromatic heterocycles. The van der Waals surface area contributed by atoms with Gasteiger partial charge in [0.05, 0.1) is 0 Å². The summed E-state index contributed by atoms with van der Waals surface area (Å²) in [5.41, 5.74) is 6.01. The van der Waals surface area contributed by atoms with Crippen molar-refractivity contribution in [3.05, 3.63) is 11.6 Å². The van der Waals surface area contributed by atoms with Gasteiger partial charge in [-0.3, -0.25) is 0 Å². The molecule has 2 N–H and O–H groups in total. The Morgan fingerprint density at radius 3 is 2.81 bits per heavy atom. The van der Waals surface area contributed by atoms with E-state index in [1.54, 1.807) is 0 Å². The number of nitrogens with two attached hydrogens (primary N) is 1. The van der Waals surface area contributed by atoms with Crippen LogP contribution in [0, 0.1) is 0 Å². The van der Waals surface area contributed by atoms with Gasteiger partial charge in [-0.15, -0.1) is 10.2 Å². The zero-order valence-electron chi connectivity index (χ0n) is 9.43. The summed E-state index contributed by atoms with van der Waals surface area (Å²) in [7, 11) is 0. The van der Waals surface area contributed by atoms with Gasteiger partial charge in [-0.1, -0.05) is 0 Å². The smallest absolute Gasteiger partial charge is 0.136 e. The van der Waals surface area contributed by atoms with Crippen molar-refractivity contribution in [3.63, 3.8) is 0 Å². The maximum Gasteiger partial charge on any atom is 0.136 e. The molecule has 88 valence electrons. The topological polar surface area (TPSA) is 66.0 Å². The Hall–Kier alpha value is -0.940. The molecule has 0 saturated carbocycles. The van der Waals surface area contributed by atoms with Gasteiger partial charge in [-0.2, -0.15) is 0 Å². The Balaban J connectivity index is 1.86. The molecule has 1 atom stereocenters. The van der Waals surface area contributed by atoms with Gasteiger partial charge in [0.2, 0.25) is 0 Å². The first kappa shape index (κ1) is 10.2. The molecule has 0 spiro atoms. The quantitative estimate of drug-likeness (QED) is 0.749. The Morgan fingerprint density at radius 2 is 2.00 bits per heavy atom. The Labute approximate surface area is 95.0 Å². The van der Waals surface area contributed by atoms with E-state index in [0.29, 0.717) is 5.92 Å². The highest BCUT2D eigenvalue weighted by Crippen LogP contribution is 2.27. The van der Waals surface area contributed by atoms with Crippen molar-refractivity contribution in [1.29, 1.82) is 0 Å². The number of fused-ring (bicyclic) bond motifs is 1. The molecule has 0 aliphatic carbocycles. The molecule has 3 rings (SSSR count). The van der Waals surface area contributed by atoms with E-state index in [0.717, 1.165) is 57.1 Å². The molecular formula is C11H18N4O. The van der Waals surface area contributed by atoms with E-state index in [1.807, 2.05) is 0 Å². The van der Waals surface area contributed by atoms with Crippen molar-refractivity contribution < 1.29 is 4.74 Å². The van der Waals surface area contributed by atoms with Crippen LogP contribution in [0.15, 0.2) is 0 Å². The minimum Gasteiger partial charge on any atom is -0.381 e. The lowest BCUT2D eigenvalue weighted by Crippen LogP contribution is -2.33. The molecule has 0 bridgehead atoms. The van der Waals surface area contributed by atoms with Crippen LogP contribution in [0.25, 0.3) is 0 Å². The van der Waals surface area contributed by atoms with Crippen LogP contribution in [0.4, 0.5) is 0 Å². The Bertz CT molecular complexity index is 370. The van der Waals surface area contributed by atoms with Crippen LogP contribution in [-0.4, -0.2) is 34.0 Å².